The minimum Gasteiger partial charge on any atom is -0.192 e. The predicted octanol–water partition coefficient (Wildman–Crippen LogP) is 3.20. The van der Waals surface area contributed by atoms with Crippen molar-refractivity contribution in [2.24, 2.45) is 0 Å². The Labute approximate surface area is 83.3 Å². The Morgan fingerprint density at radius 2 is 2.38 bits per heavy atom. The second-order valence-electron chi connectivity index (χ2n) is 2.73. The van der Waals surface area contributed by atoms with Crippen molar-refractivity contribution in [3.05, 3.63) is 41.5 Å². The molecule has 0 aliphatic heterocycles. The van der Waals surface area contributed by atoms with Crippen molar-refractivity contribution in [2.45, 2.75) is 6.92 Å². The van der Waals surface area contributed by atoms with Crippen LogP contribution < -0.4 is 0 Å². The monoisotopic (exact) mass is 191 g/mol. The van der Waals surface area contributed by atoms with Crippen molar-refractivity contribution in [1.82, 2.24) is 0 Å². The van der Waals surface area contributed by atoms with Crippen LogP contribution in [0.5, 0.6) is 0 Å². The highest BCUT2D eigenvalue weighted by Crippen LogP contribution is 2.14. The smallest absolute Gasteiger partial charge is 0.0991 e. The van der Waals surface area contributed by atoms with E-state index in [1.54, 1.807) is 6.07 Å². The number of allylic oxidation sites excluding steroid dienone is 2. The van der Waals surface area contributed by atoms with Crippen molar-refractivity contribution >= 4 is 17.2 Å². The summed E-state index contributed by atoms with van der Waals surface area (Å²) in [6.45, 7) is 1.98. The minimum atomic E-state index is 0.503. The van der Waals surface area contributed by atoms with Gasteiger partial charge in [-0.05, 0) is 30.2 Å². The summed E-state index contributed by atoms with van der Waals surface area (Å²) in [6, 6.07) is 9.60. The summed E-state index contributed by atoms with van der Waals surface area (Å²) in [5.41, 5.74) is 2.84. The van der Waals surface area contributed by atoms with Gasteiger partial charge in [0.1, 0.15) is 0 Å². The van der Waals surface area contributed by atoms with E-state index in [0.29, 0.717) is 11.4 Å². The van der Waals surface area contributed by atoms with E-state index in [9.17, 15) is 0 Å². The molecule has 0 N–H and O–H groups in total. The van der Waals surface area contributed by atoms with Gasteiger partial charge in [0, 0.05) is 5.88 Å². The van der Waals surface area contributed by atoms with Gasteiger partial charge in [0.15, 0.2) is 0 Å². The number of halogens is 1. The average molecular weight is 192 g/mol. The molecule has 0 fully saturated rings. The highest BCUT2D eigenvalue weighted by atomic mass is 35.5. The molecule has 0 aromatic heterocycles. The molecule has 0 aliphatic carbocycles. The van der Waals surface area contributed by atoms with Gasteiger partial charge in [-0.15, -0.1) is 11.6 Å². The van der Waals surface area contributed by atoms with Crippen LogP contribution in [0.3, 0.4) is 0 Å². The summed E-state index contributed by atoms with van der Waals surface area (Å²) in [4.78, 5) is 0. The van der Waals surface area contributed by atoms with Crippen LogP contribution in [-0.2, 0) is 0 Å². The van der Waals surface area contributed by atoms with Gasteiger partial charge < -0.3 is 0 Å². The van der Waals surface area contributed by atoms with Gasteiger partial charge in [-0.25, -0.2) is 0 Å². The molecule has 0 heterocycles. The molecule has 1 aromatic rings. The molecule has 0 amide bonds. The third-order valence-electron chi connectivity index (χ3n) is 1.83. The lowest BCUT2D eigenvalue weighted by atomic mass is 10.1. The summed E-state index contributed by atoms with van der Waals surface area (Å²) in [5, 5.41) is 8.68. The molecular formula is C11H10ClN. The van der Waals surface area contributed by atoms with Gasteiger partial charge in [0.25, 0.3) is 0 Å². The molecule has 0 saturated heterocycles. The van der Waals surface area contributed by atoms with Gasteiger partial charge >= 0.3 is 0 Å². The number of nitriles is 1. The minimum absolute atomic E-state index is 0.503. The van der Waals surface area contributed by atoms with Crippen LogP contribution in [0.25, 0.3) is 5.57 Å². The Morgan fingerprint density at radius 1 is 1.62 bits per heavy atom. The molecule has 0 aliphatic rings. The normalized spacial score (nSPS) is 11.0. The second kappa shape index (κ2) is 4.69. The zero-order valence-electron chi connectivity index (χ0n) is 7.42. The van der Waals surface area contributed by atoms with Crippen LogP contribution in [0.15, 0.2) is 30.3 Å². The van der Waals surface area contributed by atoms with Gasteiger partial charge in [0.05, 0.1) is 11.6 Å². The van der Waals surface area contributed by atoms with E-state index in [0.717, 1.165) is 11.1 Å². The van der Waals surface area contributed by atoms with Crippen molar-refractivity contribution < 1.29 is 0 Å². The van der Waals surface area contributed by atoms with Gasteiger partial charge in [-0.2, -0.15) is 5.26 Å². The predicted molar refractivity (Wildman–Crippen MR) is 55.5 cm³/mol. The van der Waals surface area contributed by atoms with Crippen LogP contribution in [-0.4, -0.2) is 5.88 Å². The molecule has 2 heteroatoms. The fraction of sp³-hybridized carbons (Fsp3) is 0.182. The molecular weight excluding hydrogens is 182 g/mol. The van der Waals surface area contributed by atoms with Crippen LogP contribution in [0, 0.1) is 11.3 Å². The van der Waals surface area contributed by atoms with E-state index < -0.39 is 0 Å². The van der Waals surface area contributed by atoms with Gasteiger partial charge in [-0.1, -0.05) is 18.2 Å². The first-order valence-corrected chi connectivity index (χ1v) is 4.54. The second-order valence-corrected chi connectivity index (χ2v) is 3.04. The van der Waals surface area contributed by atoms with Gasteiger partial charge in [0.2, 0.25) is 0 Å². The van der Waals surface area contributed by atoms with Crippen molar-refractivity contribution in [1.29, 1.82) is 5.26 Å². The Morgan fingerprint density at radius 3 is 3.00 bits per heavy atom. The molecule has 0 radical (unpaired) electrons. The van der Waals surface area contributed by atoms with Crippen molar-refractivity contribution in [2.75, 3.05) is 5.88 Å². The SMILES string of the molecule is CC(=CCCl)c1cccc(C#N)c1. The topological polar surface area (TPSA) is 23.8 Å². The lowest BCUT2D eigenvalue weighted by Crippen LogP contribution is -1.82. The maximum atomic E-state index is 8.68. The van der Waals surface area contributed by atoms with Gasteiger partial charge in [-0.3, -0.25) is 0 Å². The summed E-state index contributed by atoms with van der Waals surface area (Å²) >= 11 is 5.58. The Balaban J connectivity index is 3.03. The lowest BCUT2D eigenvalue weighted by Gasteiger charge is -2.00. The van der Waals surface area contributed by atoms with Crippen molar-refractivity contribution in [3.63, 3.8) is 0 Å². The summed E-state index contributed by atoms with van der Waals surface area (Å²) in [6.07, 6.45) is 1.93. The number of hydrogen-bond acceptors (Lipinski definition) is 1. The molecule has 66 valence electrons. The number of hydrogen-bond donors (Lipinski definition) is 0. The number of benzene rings is 1. The van der Waals surface area contributed by atoms with Crippen LogP contribution >= 0.6 is 11.6 Å². The fourth-order valence-corrected chi connectivity index (χ4v) is 1.30. The van der Waals surface area contributed by atoms with E-state index in [1.165, 1.54) is 0 Å². The first kappa shape index (κ1) is 9.83. The Hall–Kier alpha value is -1.26. The summed E-state index contributed by atoms with van der Waals surface area (Å²) < 4.78 is 0. The van der Waals surface area contributed by atoms with Crippen LogP contribution in [0.1, 0.15) is 18.1 Å². The molecule has 0 bridgehead atoms. The quantitative estimate of drug-likeness (QED) is 0.659. The number of alkyl halides is 1. The third kappa shape index (κ3) is 2.61. The van der Waals surface area contributed by atoms with E-state index in [4.69, 9.17) is 16.9 Å². The third-order valence-corrected chi connectivity index (χ3v) is 1.98. The van der Waals surface area contributed by atoms with E-state index >= 15 is 0 Å². The molecule has 0 saturated carbocycles. The Bertz CT molecular complexity index is 361. The molecule has 13 heavy (non-hydrogen) atoms. The maximum Gasteiger partial charge on any atom is 0.0991 e. The molecule has 0 atom stereocenters. The first-order chi connectivity index (χ1) is 6.27. The summed E-state index contributed by atoms with van der Waals surface area (Å²) in [5.74, 6) is 0.503. The highest BCUT2D eigenvalue weighted by Gasteiger charge is 1.96. The van der Waals surface area contributed by atoms with E-state index in [2.05, 4.69) is 6.07 Å². The van der Waals surface area contributed by atoms with E-state index in [1.807, 2.05) is 31.2 Å². The summed E-state index contributed by atoms with van der Waals surface area (Å²) in [7, 11) is 0. The first-order valence-electron chi connectivity index (χ1n) is 4.01. The van der Waals surface area contributed by atoms with Crippen LogP contribution in [0.4, 0.5) is 0 Å². The molecule has 1 aromatic carbocycles. The largest absolute Gasteiger partial charge is 0.192 e. The zero-order chi connectivity index (χ0) is 9.68. The standard InChI is InChI=1S/C11H10ClN/c1-9(5-6-12)11-4-2-3-10(7-11)8-13/h2-5,7H,6H2,1H3. The molecule has 0 unspecified atom stereocenters. The highest BCUT2D eigenvalue weighted by molar-refractivity contribution is 6.19. The lowest BCUT2D eigenvalue weighted by molar-refractivity contribution is 1.46. The Kier molecular flexibility index (Phi) is 3.54. The average Bonchev–Trinajstić information content (AvgIpc) is 2.18. The van der Waals surface area contributed by atoms with E-state index in [-0.39, 0.29) is 0 Å². The molecule has 1 rings (SSSR count). The zero-order valence-corrected chi connectivity index (χ0v) is 8.17. The molecule has 1 nitrogen and oxygen atoms in total. The number of rotatable bonds is 2. The molecule has 0 spiro atoms. The van der Waals surface area contributed by atoms with Crippen molar-refractivity contribution in [3.8, 4) is 6.07 Å². The number of nitrogens with zero attached hydrogens (tertiary/aromatic N) is 1. The maximum absolute atomic E-state index is 8.68. The van der Waals surface area contributed by atoms with Crippen LogP contribution in [0.2, 0.25) is 0 Å². The fourth-order valence-electron chi connectivity index (χ4n) is 1.07.